The fourth-order valence-electron chi connectivity index (χ4n) is 1.31. The van der Waals surface area contributed by atoms with E-state index in [0.29, 0.717) is 22.6 Å². The van der Waals surface area contributed by atoms with Gasteiger partial charge in [-0.2, -0.15) is 0 Å². The Balaban J connectivity index is 2.20. The summed E-state index contributed by atoms with van der Waals surface area (Å²) in [5, 5.41) is 12.5. The van der Waals surface area contributed by atoms with Crippen LogP contribution in [0.1, 0.15) is 10.4 Å². The zero-order valence-corrected chi connectivity index (χ0v) is 10.9. The first-order chi connectivity index (χ1) is 8.97. The summed E-state index contributed by atoms with van der Waals surface area (Å²) in [5.74, 6) is -0.465. The van der Waals surface area contributed by atoms with Crippen molar-refractivity contribution in [3.8, 4) is 0 Å². The standard InChI is InChI=1S/C10H7ClN4O3S/c11-7-9(15(17)18)19-10(13-7)14-8(16)5-2-1-3-6(12)4-5/h1-4H,12H2,(H,13,14,16). The summed E-state index contributed by atoms with van der Waals surface area (Å²) in [4.78, 5) is 25.5. The van der Waals surface area contributed by atoms with Crippen molar-refractivity contribution in [1.29, 1.82) is 0 Å². The zero-order chi connectivity index (χ0) is 14.0. The minimum absolute atomic E-state index is 0.0594. The molecule has 1 aromatic carbocycles. The molecule has 2 aromatic rings. The van der Waals surface area contributed by atoms with Crippen molar-refractivity contribution in [2.45, 2.75) is 0 Å². The summed E-state index contributed by atoms with van der Waals surface area (Å²) in [5.41, 5.74) is 6.32. The molecule has 7 nitrogen and oxygen atoms in total. The Labute approximate surface area is 116 Å². The second kappa shape index (κ2) is 5.21. The highest BCUT2D eigenvalue weighted by molar-refractivity contribution is 7.19. The Morgan fingerprint density at radius 2 is 2.26 bits per heavy atom. The summed E-state index contributed by atoms with van der Waals surface area (Å²) in [7, 11) is 0. The number of aromatic nitrogens is 1. The maximum atomic E-state index is 11.8. The molecule has 0 fully saturated rings. The number of halogens is 1. The van der Waals surface area contributed by atoms with Crippen LogP contribution in [0, 0.1) is 10.1 Å². The normalized spacial score (nSPS) is 10.2. The number of thiazole rings is 1. The molecular formula is C10H7ClN4O3S. The van der Waals surface area contributed by atoms with Gasteiger partial charge >= 0.3 is 5.00 Å². The first-order valence-corrected chi connectivity index (χ1v) is 6.14. The van der Waals surface area contributed by atoms with Crippen LogP contribution >= 0.6 is 22.9 Å². The average Bonchev–Trinajstić information content (AvgIpc) is 2.70. The maximum absolute atomic E-state index is 11.8. The number of amides is 1. The predicted molar refractivity (Wildman–Crippen MR) is 72.6 cm³/mol. The third-order valence-corrected chi connectivity index (χ3v) is 3.40. The van der Waals surface area contributed by atoms with E-state index in [2.05, 4.69) is 10.3 Å². The van der Waals surface area contributed by atoms with Crippen molar-refractivity contribution in [3.63, 3.8) is 0 Å². The lowest BCUT2D eigenvalue weighted by Gasteiger charge is -2.01. The SMILES string of the molecule is Nc1cccc(C(=O)Nc2nc(Cl)c([N+](=O)[O-])s2)c1. The Morgan fingerprint density at radius 3 is 2.84 bits per heavy atom. The first kappa shape index (κ1) is 13.2. The van der Waals surface area contributed by atoms with Crippen LogP contribution in [-0.2, 0) is 0 Å². The van der Waals surface area contributed by atoms with Gasteiger partial charge < -0.3 is 5.73 Å². The topological polar surface area (TPSA) is 111 Å². The number of nitro groups is 1. The Morgan fingerprint density at radius 1 is 1.53 bits per heavy atom. The van der Waals surface area contributed by atoms with Gasteiger partial charge in [0.15, 0.2) is 5.13 Å². The number of hydrogen-bond donors (Lipinski definition) is 2. The predicted octanol–water partition coefficient (Wildman–Crippen LogP) is 2.54. The number of nitrogens with one attached hydrogen (secondary N) is 1. The van der Waals surface area contributed by atoms with Crippen molar-refractivity contribution in [1.82, 2.24) is 4.98 Å². The molecule has 98 valence electrons. The molecule has 1 amide bonds. The molecule has 19 heavy (non-hydrogen) atoms. The van der Waals surface area contributed by atoms with Crippen LogP contribution in [0.4, 0.5) is 15.8 Å². The van der Waals surface area contributed by atoms with E-state index in [4.69, 9.17) is 17.3 Å². The highest BCUT2D eigenvalue weighted by Crippen LogP contribution is 2.33. The molecule has 0 saturated heterocycles. The number of nitrogens with two attached hydrogens (primary N) is 1. The van der Waals surface area contributed by atoms with Crippen molar-refractivity contribution in [3.05, 3.63) is 45.1 Å². The number of nitrogens with zero attached hydrogens (tertiary/aromatic N) is 2. The number of nitrogen functional groups attached to an aromatic ring is 1. The number of carbonyl (C=O) groups excluding carboxylic acids is 1. The monoisotopic (exact) mass is 298 g/mol. The zero-order valence-electron chi connectivity index (χ0n) is 9.29. The molecular weight excluding hydrogens is 292 g/mol. The van der Waals surface area contributed by atoms with E-state index in [-0.39, 0.29) is 15.3 Å². The van der Waals surface area contributed by atoms with Crippen molar-refractivity contribution >= 4 is 44.7 Å². The van der Waals surface area contributed by atoms with Crippen molar-refractivity contribution in [2.75, 3.05) is 11.1 Å². The molecule has 0 spiro atoms. The van der Waals surface area contributed by atoms with Crippen LogP contribution in [0.15, 0.2) is 24.3 Å². The van der Waals surface area contributed by atoms with Crippen LogP contribution < -0.4 is 11.1 Å². The van der Waals surface area contributed by atoms with Crippen LogP contribution in [0.3, 0.4) is 0 Å². The van der Waals surface area contributed by atoms with Crippen LogP contribution in [0.5, 0.6) is 0 Å². The fourth-order valence-corrected chi connectivity index (χ4v) is 2.30. The van der Waals surface area contributed by atoms with Gasteiger partial charge in [0, 0.05) is 11.3 Å². The van der Waals surface area contributed by atoms with E-state index in [1.54, 1.807) is 18.2 Å². The molecule has 2 rings (SSSR count). The van der Waals surface area contributed by atoms with Crippen LogP contribution in [0.25, 0.3) is 0 Å². The number of anilines is 2. The van der Waals surface area contributed by atoms with Gasteiger partial charge in [-0.25, -0.2) is 4.98 Å². The molecule has 9 heteroatoms. The third-order valence-electron chi connectivity index (χ3n) is 2.10. The highest BCUT2D eigenvalue weighted by atomic mass is 35.5. The van der Waals surface area contributed by atoms with Gasteiger partial charge in [-0.05, 0) is 29.5 Å². The van der Waals surface area contributed by atoms with Gasteiger partial charge in [-0.3, -0.25) is 20.2 Å². The lowest BCUT2D eigenvalue weighted by Crippen LogP contribution is -2.11. The summed E-state index contributed by atoms with van der Waals surface area (Å²) in [6, 6.07) is 6.32. The second-order valence-corrected chi connectivity index (χ2v) is 4.79. The molecule has 1 aromatic heterocycles. The molecule has 0 unspecified atom stereocenters. The summed E-state index contributed by atoms with van der Waals surface area (Å²) >= 11 is 6.27. The summed E-state index contributed by atoms with van der Waals surface area (Å²) in [6.45, 7) is 0. The third kappa shape index (κ3) is 2.98. The van der Waals surface area contributed by atoms with Gasteiger partial charge in [-0.15, -0.1) is 0 Å². The maximum Gasteiger partial charge on any atom is 0.364 e. The van der Waals surface area contributed by atoms with Gasteiger partial charge in [0.1, 0.15) is 0 Å². The van der Waals surface area contributed by atoms with Gasteiger partial charge in [0.05, 0.1) is 4.92 Å². The number of rotatable bonds is 3. The largest absolute Gasteiger partial charge is 0.399 e. The molecule has 1 heterocycles. The molecule has 3 N–H and O–H groups in total. The summed E-state index contributed by atoms with van der Waals surface area (Å²) < 4.78 is 0. The van der Waals surface area contributed by atoms with Gasteiger partial charge in [-0.1, -0.05) is 17.7 Å². The summed E-state index contributed by atoms with van der Waals surface area (Å²) in [6.07, 6.45) is 0. The molecule has 0 atom stereocenters. The van der Waals surface area contributed by atoms with E-state index in [1.807, 2.05) is 0 Å². The second-order valence-electron chi connectivity index (χ2n) is 3.45. The Bertz CT molecular complexity index is 658. The Kier molecular flexibility index (Phi) is 3.63. The lowest BCUT2D eigenvalue weighted by molar-refractivity contribution is -0.380. The van der Waals surface area contributed by atoms with Crippen LogP contribution in [0.2, 0.25) is 5.15 Å². The van der Waals surface area contributed by atoms with E-state index in [9.17, 15) is 14.9 Å². The first-order valence-electron chi connectivity index (χ1n) is 4.95. The molecule has 0 aliphatic heterocycles. The minimum atomic E-state index is -0.657. The Hall–Kier alpha value is -2.19. The van der Waals surface area contributed by atoms with Crippen molar-refractivity contribution < 1.29 is 9.72 Å². The molecule has 0 aliphatic carbocycles. The van der Waals surface area contributed by atoms with E-state index < -0.39 is 10.8 Å². The lowest BCUT2D eigenvalue weighted by atomic mass is 10.2. The van der Waals surface area contributed by atoms with Crippen LogP contribution in [-0.4, -0.2) is 15.8 Å². The number of hydrogen-bond acceptors (Lipinski definition) is 6. The van der Waals surface area contributed by atoms with E-state index in [0.717, 1.165) is 0 Å². The fraction of sp³-hybridized carbons (Fsp3) is 0. The average molecular weight is 299 g/mol. The minimum Gasteiger partial charge on any atom is -0.399 e. The molecule has 0 aliphatic rings. The van der Waals surface area contributed by atoms with Crippen molar-refractivity contribution in [2.24, 2.45) is 0 Å². The van der Waals surface area contributed by atoms with Gasteiger partial charge in [0.25, 0.3) is 5.91 Å². The molecule has 0 saturated carbocycles. The van der Waals surface area contributed by atoms with Gasteiger partial charge in [0.2, 0.25) is 5.15 Å². The smallest absolute Gasteiger partial charge is 0.364 e. The number of benzene rings is 1. The quantitative estimate of drug-likeness (QED) is 0.514. The molecule has 0 radical (unpaired) electrons. The number of carbonyl (C=O) groups is 1. The van der Waals surface area contributed by atoms with E-state index in [1.165, 1.54) is 6.07 Å². The van der Waals surface area contributed by atoms with E-state index >= 15 is 0 Å². The highest BCUT2D eigenvalue weighted by Gasteiger charge is 2.20. The molecule has 0 bridgehead atoms.